The number of aromatic nitrogens is 1. The van der Waals surface area contributed by atoms with Crippen LogP contribution in [0.3, 0.4) is 0 Å². The van der Waals surface area contributed by atoms with E-state index in [0.29, 0.717) is 5.75 Å². The van der Waals surface area contributed by atoms with E-state index in [-0.39, 0.29) is 6.54 Å². The molecule has 0 unspecified atom stereocenters. The molecular formula is C18H18N2O4S. The van der Waals surface area contributed by atoms with Gasteiger partial charge in [-0.15, -0.1) is 0 Å². The van der Waals surface area contributed by atoms with Crippen molar-refractivity contribution in [2.45, 2.75) is 6.54 Å². The number of hydrogen-bond acceptors (Lipinski definition) is 5. The summed E-state index contributed by atoms with van der Waals surface area (Å²) in [6, 6.07) is 13.3. The molecule has 0 aliphatic carbocycles. The van der Waals surface area contributed by atoms with Gasteiger partial charge in [0.15, 0.2) is 0 Å². The Morgan fingerprint density at radius 2 is 1.84 bits per heavy atom. The molecule has 1 N–H and O–H groups in total. The molecule has 0 aliphatic heterocycles. The fourth-order valence-corrected chi connectivity index (χ4v) is 3.03. The van der Waals surface area contributed by atoms with Crippen LogP contribution in [0.1, 0.15) is 5.56 Å². The van der Waals surface area contributed by atoms with Crippen molar-refractivity contribution in [2.75, 3.05) is 14.2 Å². The maximum atomic E-state index is 10.7. The fraction of sp³-hybridized carbons (Fsp3) is 0.167. The minimum atomic E-state index is -2.63. The van der Waals surface area contributed by atoms with Crippen LogP contribution in [0.4, 0.5) is 0 Å². The third-order valence-electron chi connectivity index (χ3n) is 3.92. The van der Waals surface area contributed by atoms with Crippen molar-refractivity contribution in [3.05, 3.63) is 54.2 Å². The number of nitrogens with one attached hydrogen (secondary N) is 1. The van der Waals surface area contributed by atoms with Crippen LogP contribution >= 0.6 is 0 Å². The fourth-order valence-electron chi connectivity index (χ4n) is 2.71. The largest absolute Gasteiger partial charge is 0.497 e. The van der Waals surface area contributed by atoms with Gasteiger partial charge in [-0.05, 0) is 35.4 Å². The quantitative estimate of drug-likeness (QED) is 0.662. The minimum absolute atomic E-state index is 0.226. The molecule has 0 amide bonds. The van der Waals surface area contributed by atoms with Crippen LogP contribution in [0, 0.1) is 0 Å². The summed E-state index contributed by atoms with van der Waals surface area (Å²) in [5.41, 5.74) is 3.54. The average molecular weight is 358 g/mol. The number of ether oxygens (including phenoxy) is 2. The first kappa shape index (κ1) is 17.2. The molecule has 2 aromatic carbocycles. The lowest BCUT2D eigenvalue weighted by Gasteiger charge is -2.13. The molecule has 0 saturated carbocycles. The first-order valence-electron chi connectivity index (χ1n) is 7.60. The summed E-state index contributed by atoms with van der Waals surface area (Å²) in [5.74, 6) is 1.42. The molecule has 0 bridgehead atoms. The standard InChI is InChI=1S/C18H18N2O4S/c1-23-13-4-6-15-14(7-8-19-17(15)10-13)16-5-3-12(9-18(16)24-2)11-20-25(21)22/h3-10,25H,11H2,1-2H3,(H,20,21,22). The number of benzene rings is 2. The van der Waals surface area contributed by atoms with Crippen molar-refractivity contribution in [3.8, 4) is 22.6 Å². The molecule has 0 saturated heterocycles. The Labute approximate surface area is 147 Å². The summed E-state index contributed by atoms with van der Waals surface area (Å²) in [7, 11) is 0.586. The minimum Gasteiger partial charge on any atom is -0.497 e. The maximum absolute atomic E-state index is 10.7. The van der Waals surface area contributed by atoms with Crippen molar-refractivity contribution >= 4 is 21.8 Å². The Morgan fingerprint density at radius 3 is 2.56 bits per heavy atom. The summed E-state index contributed by atoms with van der Waals surface area (Å²) in [6.45, 7) is 0.226. The summed E-state index contributed by atoms with van der Waals surface area (Å²) in [4.78, 5) is 4.40. The molecule has 0 radical (unpaired) electrons. The van der Waals surface area contributed by atoms with Gasteiger partial charge in [-0.1, -0.05) is 12.1 Å². The average Bonchev–Trinajstić information content (AvgIpc) is 2.65. The number of nitrogens with zero attached hydrogens (tertiary/aromatic N) is 1. The van der Waals surface area contributed by atoms with E-state index >= 15 is 0 Å². The highest BCUT2D eigenvalue weighted by atomic mass is 32.2. The van der Waals surface area contributed by atoms with Gasteiger partial charge in [0.05, 0.1) is 19.7 Å². The number of rotatable bonds is 6. The number of hydrogen-bond donors (Lipinski definition) is 2. The molecule has 3 rings (SSSR count). The molecule has 6 nitrogen and oxygen atoms in total. The SMILES string of the molecule is COc1ccc2c(-c3ccc(CN[SH](=O)=O)cc3OC)ccnc2c1. The van der Waals surface area contributed by atoms with Gasteiger partial charge in [0.1, 0.15) is 11.5 Å². The highest BCUT2D eigenvalue weighted by Gasteiger charge is 2.11. The molecule has 3 aromatic rings. The molecule has 0 aliphatic rings. The Kier molecular flexibility index (Phi) is 5.16. The number of thiol groups is 1. The van der Waals surface area contributed by atoms with Gasteiger partial charge in [0.2, 0.25) is 10.9 Å². The van der Waals surface area contributed by atoms with Gasteiger partial charge < -0.3 is 9.47 Å². The first-order valence-corrected chi connectivity index (χ1v) is 8.78. The van der Waals surface area contributed by atoms with E-state index in [2.05, 4.69) is 9.71 Å². The lowest BCUT2D eigenvalue weighted by Crippen LogP contribution is -2.10. The molecule has 1 heterocycles. The van der Waals surface area contributed by atoms with Gasteiger partial charge in [-0.3, -0.25) is 4.98 Å². The molecular weight excluding hydrogens is 340 g/mol. The van der Waals surface area contributed by atoms with Crippen LogP contribution in [-0.2, 0) is 17.4 Å². The van der Waals surface area contributed by atoms with Crippen LogP contribution < -0.4 is 14.2 Å². The zero-order valence-corrected chi connectivity index (χ0v) is 14.7. The van der Waals surface area contributed by atoms with Crippen molar-refractivity contribution in [1.29, 1.82) is 0 Å². The smallest absolute Gasteiger partial charge is 0.201 e. The topological polar surface area (TPSA) is 77.5 Å². The van der Waals surface area contributed by atoms with Crippen LogP contribution in [0.15, 0.2) is 48.7 Å². The lowest BCUT2D eigenvalue weighted by atomic mass is 9.99. The second kappa shape index (κ2) is 7.50. The van der Waals surface area contributed by atoms with Crippen molar-refractivity contribution in [2.24, 2.45) is 0 Å². The van der Waals surface area contributed by atoms with Crippen molar-refractivity contribution in [3.63, 3.8) is 0 Å². The van der Waals surface area contributed by atoms with Crippen molar-refractivity contribution in [1.82, 2.24) is 9.71 Å². The Morgan fingerprint density at radius 1 is 1.00 bits per heavy atom. The molecule has 0 fully saturated rings. The summed E-state index contributed by atoms with van der Waals surface area (Å²) in [5, 5.41) is 0.982. The van der Waals surface area contributed by atoms with Gasteiger partial charge in [0, 0.05) is 29.8 Å². The van der Waals surface area contributed by atoms with Crippen LogP contribution in [-0.4, -0.2) is 27.6 Å². The van der Waals surface area contributed by atoms with E-state index < -0.39 is 10.9 Å². The second-order valence-electron chi connectivity index (χ2n) is 5.37. The van der Waals surface area contributed by atoms with Gasteiger partial charge in [0.25, 0.3) is 0 Å². The monoisotopic (exact) mass is 358 g/mol. The van der Waals surface area contributed by atoms with E-state index in [0.717, 1.165) is 33.3 Å². The Balaban J connectivity index is 2.08. The summed E-state index contributed by atoms with van der Waals surface area (Å²) >= 11 is 0. The number of pyridine rings is 1. The van der Waals surface area contributed by atoms with Crippen molar-refractivity contribution < 1.29 is 17.9 Å². The second-order valence-corrected chi connectivity index (χ2v) is 6.20. The molecule has 25 heavy (non-hydrogen) atoms. The van der Waals surface area contributed by atoms with Crippen LogP contribution in [0.2, 0.25) is 0 Å². The van der Waals surface area contributed by atoms with Gasteiger partial charge in [-0.2, -0.15) is 0 Å². The predicted octanol–water partition coefficient (Wildman–Crippen LogP) is 2.54. The highest BCUT2D eigenvalue weighted by molar-refractivity contribution is 7.70. The Hall–Kier alpha value is -2.64. The highest BCUT2D eigenvalue weighted by Crippen LogP contribution is 2.35. The normalized spacial score (nSPS) is 11.0. The molecule has 130 valence electrons. The van der Waals surface area contributed by atoms with E-state index in [4.69, 9.17) is 9.47 Å². The zero-order chi connectivity index (χ0) is 17.8. The first-order chi connectivity index (χ1) is 12.1. The third kappa shape index (κ3) is 3.72. The zero-order valence-electron chi connectivity index (χ0n) is 13.9. The van der Waals surface area contributed by atoms with Crippen LogP contribution in [0.5, 0.6) is 11.5 Å². The van der Waals surface area contributed by atoms with E-state index in [9.17, 15) is 8.42 Å². The van der Waals surface area contributed by atoms with Gasteiger partial charge >= 0.3 is 0 Å². The molecule has 0 atom stereocenters. The lowest BCUT2D eigenvalue weighted by molar-refractivity contribution is 0.415. The third-order valence-corrected chi connectivity index (χ3v) is 4.33. The van der Waals surface area contributed by atoms with Crippen LogP contribution in [0.25, 0.3) is 22.0 Å². The van der Waals surface area contributed by atoms with E-state index in [1.165, 1.54) is 0 Å². The summed E-state index contributed by atoms with van der Waals surface area (Å²) < 4.78 is 34.5. The number of methoxy groups -OCH3 is 2. The molecule has 1 aromatic heterocycles. The maximum Gasteiger partial charge on any atom is 0.201 e. The predicted molar refractivity (Wildman–Crippen MR) is 97.4 cm³/mol. The number of fused-ring (bicyclic) bond motifs is 1. The Bertz CT molecular complexity index is 978. The molecule has 7 heteroatoms. The van der Waals surface area contributed by atoms with Gasteiger partial charge in [-0.25, -0.2) is 13.1 Å². The molecule has 0 spiro atoms. The van der Waals surface area contributed by atoms with E-state index in [1.807, 2.05) is 42.5 Å². The van der Waals surface area contributed by atoms with E-state index in [1.54, 1.807) is 20.4 Å². The summed E-state index contributed by atoms with van der Waals surface area (Å²) in [6.07, 6.45) is 1.74.